The molecule has 0 aliphatic rings. The van der Waals surface area contributed by atoms with Crippen molar-refractivity contribution in [2.75, 3.05) is 11.3 Å². The minimum atomic E-state index is -3.74. The number of ether oxygens (including phenoxy) is 1. The van der Waals surface area contributed by atoms with Gasteiger partial charge < -0.3 is 10.5 Å². The van der Waals surface area contributed by atoms with Gasteiger partial charge in [-0.1, -0.05) is 0 Å². The van der Waals surface area contributed by atoms with E-state index in [1.165, 1.54) is 18.2 Å². The molecule has 0 aliphatic carbocycles. The van der Waals surface area contributed by atoms with Crippen molar-refractivity contribution >= 4 is 27.0 Å². The van der Waals surface area contributed by atoms with E-state index < -0.39 is 15.8 Å². The van der Waals surface area contributed by atoms with Gasteiger partial charge in [0.25, 0.3) is 10.0 Å². The zero-order valence-corrected chi connectivity index (χ0v) is 12.9. The Labute approximate surface area is 126 Å². The van der Waals surface area contributed by atoms with Gasteiger partial charge in [0.1, 0.15) is 4.21 Å². The normalized spacial score (nSPS) is 11.4. The molecular formula is C13H15FN2O3S2. The lowest BCUT2D eigenvalue weighted by Crippen LogP contribution is -2.12. The fraction of sp³-hybridized carbons (Fsp3) is 0.231. The number of nitrogens with one attached hydrogen (secondary N) is 1. The second kappa shape index (κ2) is 6.42. The van der Waals surface area contributed by atoms with E-state index in [4.69, 9.17) is 10.5 Å². The summed E-state index contributed by atoms with van der Waals surface area (Å²) in [5.74, 6) is -0.534. The summed E-state index contributed by atoms with van der Waals surface area (Å²) >= 11 is 1.07. The van der Waals surface area contributed by atoms with E-state index in [2.05, 4.69) is 4.72 Å². The van der Waals surface area contributed by atoms with Gasteiger partial charge >= 0.3 is 0 Å². The molecule has 1 aromatic carbocycles. The van der Waals surface area contributed by atoms with E-state index in [-0.39, 0.29) is 22.2 Å². The van der Waals surface area contributed by atoms with Crippen molar-refractivity contribution in [1.82, 2.24) is 0 Å². The van der Waals surface area contributed by atoms with Crippen molar-refractivity contribution in [2.24, 2.45) is 5.73 Å². The molecule has 0 saturated heterocycles. The highest BCUT2D eigenvalue weighted by molar-refractivity contribution is 7.94. The van der Waals surface area contributed by atoms with Crippen LogP contribution in [0, 0.1) is 5.82 Å². The molecule has 0 bridgehead atoms. The molecule has 1 aromatic heterocycles. The van der Waals surface area contributed by atoms with E-state index >= 15 is 0 Å². The molecule has 0 amide bonds. The fourth-order valence-corrected chi connectivity index (χ4v) is 3.92. The second-order valence-corrected chi connectivity index (χ2v) is 6.98. The first-order valence-electron chi connectivity index (χ1n) is 6.19. The second-order valence-electron chi connectivity index (χ2n) is 4.16. The Kier molecular flexibility index (Phi) is 4.81. The summed E-state index contributed by atoms with van der Waals surface area (Å²) < 4.78 is 45.5. The topological polar surface area (TPSA) is 81.4 Å². The largest absolute Gasteiger partial charge is 0.491 e. The van der Waals surface area contributed by atoms with Crippen molar-refractivity contribution in [2.45, 2.75) is 17.7 Å². The highest BCUT2D eigenvalue weighted by Gasteiger charge is 2.17. The van der Waals surface area contributed by atoms with Gasteiger partial charge in [0.05, 0.1) is 12.3 Å². The molecule has 0 unspecified atom stereocenters. The maximum Gasteiger partial charge on any atom is 0.271 e. The highest BCUT2D eigenvalue weighted by Crippen LogP contribution is 2.25. The lowest BCUT2D eigenvalue weighted by Gasteiger charge is -2.09. The third-order valence-corrected chi connectivity index (χ3v) is 5.48. The van der Waals surface area contributed by atoms with Gasteiger partial charge in [-0.3, -0.25) is 4.72 Å². The number of thiophene rings is 1. The summed E-state index contributed by atoms with van der Waals surface area (Å²) in [7, 11) is -3.74. The molecule has 3 N–H and O–H groups in total. The van der Waals surface area contributed by atoms with Crippen LogP contribution in [0.5, 0.6) is 5.75 Å². The predicted octanol–water partition coefficient (Wildman–Crippen LogP) is 2.55. The third-order valence-electron chi connectivity index (χ3n) is 2.61. The fourth-order valence-electron chi connectivity index (χ4n) is 1.64. The number of anilines is 1. The molecule has 2 aromatic rings. The number of halogens is 1. The van der Waals surface area contributed by atoms with Crippen molar-refractivity contribution in [1.29, 1.82) is 0 Å². The molecule has 21 heavy (non-hydrogen) atoms. The van der Waals surface area contributed by atoms with Gasteiger partial charge in [0.2, 0.25) is 0 Å². The van der Waals surface area contributed by atoms with Crippen LogP contribution in [0.25, 0.3) is 0 Å². The Morgan fingerprint density at radius 1 is 1.38 bits per heavy atom. The van der Waals surface area contributed by atoms with E-state index in [9.17, 15) is 12.8 Å². The smallest absolute Gasteiger partial charge is 0.271 e. The Hall–Kier alpha value is -1.64. The summed E-state index contributed by atoms with van der Waals surface area (Å²) in [6.07, 6.45) is 0. The van der Waals surface area contributed by atoms with E-state index in [1.807, 2.05) is 0 Å². The SMILES string of the molecule is CCOc1ccc(NS(=O)(=O)c2cc(CN)cs2)cc1F. The maximum absolute atomic E-state index is 13.7. The first kappa shape index (κ1) is 15.7. The van der Waals surface area contributed by atoms with Crippen LogP contribution in [0.4, 0.5) is 10.1 Å². The van der Waals surface area contributed by atoms with E-state index in [1.54, 1.807) is 12.3 Å². The summed E-state index contributed by atoms with van der Waals surface area (Å²) in [4.78, 5) is 0. The van der Waals surface area contributed by atoms with Crippen molar-refractivity contribution in [3.8, 4) is 5.75 Å². The molecular weight excluding hydrogens is 315 g/mol. The van der Waals surface area contributed by atoms with Crippen LogP contribution in [0.2, 0.25) is 0 Å². The lowest BCUT2D eigenvalue weighted by molar-refractivity contribution is 0.321. The number of benzene rings is 1. The number of nitrogens with two attached hydrogens (primary N) is 1. The van der Waals surface area contributed by atoms with Crippen LogP contribution in [-0.4, -0.2) is 15.0 Å². The third kappa shape index (κ3) is 3.72. The highest BCUT2D eigenvalue weighted by atomic mass is 32.2. The molecule has 0 spiro atoms. The maximum atomic E-state index is 13.7. The van der Waals surface area contributed by atoms with E-state index in [0.29, 0.717) is 6.61 Å². The van der Waals surface area contributed by atoms with Crippen LogP contribution >= 0.6 is 11.3 Å². The molecule has 5 nitrogen and oxygen atoms in total. The van der Waals surface area contributed by atoms with Gasteiger partial charge in [-0.05, 0) is 36.1 Å². The molecule has 0 atom stereocenters. The summed E-state index contributed by atoms with van der Waals surface area (Å²) in [6, 6.07) is 5.41. The lowest BCUT2D eigenvalue weighted by atomic mass is 10.3. The molecule has 0 aliphatic heterocycles. The standard InChI is InChI=1S/C13H15FN2O3S2/c1-2-19-12-4-3-10(6-11(12)14)16-21(17,18)13-5-9(7-15)8-20-13/h3-6,8,16H,2,7,15H2,1H3. The average molecular weight is 330 g/mol. The average Bonchev–Trinajstić information content (AvgIpc) is 2.91. The van der Waals surface area contributed by atoms with Gasteiger partial charge in [-0.25, -0.2) is 12.8 Å². The molecule has 2 rings (SSSR count). The van der Waals surface area contributed by atoms with Crippen LogP contribution < -0.4 is 15.2 Å². The molecule has 0 radical (unpaired) electrons. The predicted molar refractivity (Wildman–Crippen MR) is 80.6 cm³/mol. The van der Waals surface area contributed by atoms with Gasteiger partial charge in [0.15, 0.2) is 11.6 Å². The van der Waals surface area contributed by atoms with Crippen LogP contribution in [0.3, 0.4) is 0 Å². The quantitative estimate of drug-likeness (QED) is 0.853. The molecule has 114 valence electrons. The van der Waals surface area contributed by atoms with Crippen molar-refractivity contribution in [3.63, 3.8) is 0 Å². The Balaban J connectivity index is 2.22. The molecule has 1 heterocycles. The number of rotatable bonds is 6. The Bertz CT molecular complexity index is 729. The first-order chi connectivity index (χ1) is 9.96. The Morgan fingerprint density at radius 2 is 2.14 bits per heavy atom. The van der Waals surface area contributed by atoms with Gasteiger partial charge in [-0.15, -0.1) is 11.3 Å². The van der Waals surface area contributed by atoms with Crippen molar-refractivity contribution in [3.05, 3.63) is 41.0 Å². The first-order valence-corrected chi connectivity index (χ1v) is 8.55. The number of hydrogen-bond donors (Lipinski definition) is 2. The van der Waals surface area contributed by atoms with Crippen LogP contribution in [0.1, 0.15) is 12.5 Å². The van der Waals surface area contributed by atoms with Gasteiger partial charge in [0, 0.05) is 12.6 Å². The van der Waals surface area contributed by atoms with Crippen LogP contribution in [-0.2, 0) is 16.6 Å². The number of hydrogen-bond acceptors (Lipinski definition) is 5. The van der Waals surface area contributed by atoms with Gasteiger partial charge in [-0.2, -0.15) is 0 Å². The molecule has 8 heteroatoms. The number of sulfonamides is 1. The zero-order chi connectivity index (χ0) is 15.5. The molecule has 0 fully saturated rings. The van der Waals surface area contributed by atoms with Crippen molar-refractivity contribution < 1.29 is 17.5 Å². The minimum absolute atomic E-state index is 0.0852. The Morgan fingerprint density at radius 3 is 2.71 bits per heavy atom. The van der Waals surface area contributed by atoms with E-state index in [0.717, 1.165) is 23.0 Å². The summed E-state index contributed by atoms with van der Waals surface area (Å²) in [5.41, 5.74) is 6.32. The summed E-state index contributed by atoms with van der Waals surface area (Å²) in [5, 5.41) is 1.67. The monoisotopic (exact) mass is 330 g/mol. The zero-order valence-electron chi connectivity index (χ0n) is 11.3. The van der Waals surface area contributed by atoms with Crippen LogP contribution in [0.15, 0.2) is 33.9 Å². The summed E-state index contributed by atoms with van der Waals surface area (Å²) in [6.45, 7) is 2.34. The molecule has 0 saturated carbocycles. The minimum Gasteiger partial charge on any atom is -0.491 e.